The standard InChI is InChI=1S/C9H9N2O8P/c12-9(8(10-13)20(16,17)18)19-5-6-3-1-2-4-7(6)11(14)15/h1-4,8H,5H2,(H2,16,17,18). The lowest BCUT2D eigenvalue weighted by molar-refractivity contribution is -0.385. The van der Waals surface area contributed by atoms with Gasteiger partial charge in [0.15, 0.2) is 0 Å². The van der Waals surface area contributed by atoms with Gasteiger partial charge in [-0.25, -0.2) is 4.79 Å². The summed E-state index contributed by atoms with van der Waals surface area (Å²) in [5, 5.41) is 12.7. The minimum Gasteiger partial charge on any atom is -0.458 e. The Bertz CT molecular complexity index is 583. The molecule has 1 rings (SSSR count). The van der Waals surface area contributed by atoms with E-state index < -0.39 is 30.9 Å². The van der Waals surface area contributed by atoms with Crippen LogP contribution >= 0.6 is 7.60 Å². The predicted octanol–water partition coefficient (Wildman–Crippen LogP) is 0.908. The van der Waals surface area contributed by atoms with Crippen LogP contribution in [0.4, 0.5) is 5.69 Å². The Morgan fingerprint density at radius 2 is 2.05 bits per heavy atom. The van der Waals surface area contributed by atoms with E-state index in [4.69, 9.17) is 9.79 Å². The molecule has 20 heavy (non-hydrogen) atoms. The average Bonchev–Trinajstić information content (AvgIpc) is 2.35. The molecule has 10 nitrogen and oxygen atoms in total. The molecule has 0 saturated heterocycles. The number of benzene rings is 1. The van der Waals surface area contributed by atoms with Crippen molar-refractivity contribution in [2.24, 2.45) is 5.18 Å². The molecule has 1 atom stereocenters. The molecule has 0 bridgehead atoms. The van der Waals surface area contributed by atoms with Gasteiger partial charge in [-0.3, -0.25) is 14.7 Å². The molecule has 0 fully saturated rings. The van der Waals surface area contributed by atoms with Crippen LogP contribution in [0.25, 0.3) is 0 Å². The van der Waals surface area contributed by atoms with Crippen molar-refractivity contribution in [3.63, 3.8) is 0 Å². The molecule has 0 heterocycles. The number of carbonyl (C=O) groups is 1. The number of nitro benzene ring substituents is 1. The van der Waals surface area contributed by atoms with Crippen LogP contribution in [-0.4, -0.2) is 26.5 Å². The third kappa shape index (κ3) is 3.92. The molecule has 0 aliphatic rings. The van der Waals surface area contributed by atoms with Gasteiger partial charge in [0, 0.05) is 6.07 Å². The molecule has 11 heteroatoms. The highest BCUT2D eigenvalue weighted by atomic mass is 31.2. The van der Waals surface area contributed by atoms with E-state index in [1.807, 2.05) is 5.18 Å². The van der Waals surface area contributed by atoms with E-state index in [9.17, 15) is 24.4 Å². The summed E-state index contributed by atoms with van der Waals surface area (Å²) in [5.74, 6) is -4.03. The first-order valence-corrected chi connectivity index (χ1v) is 6.72. The zero-order valence-electron chi connectivity index (χ0n) is 9.78. The zero-order valence-corrected chi connectivity index (χ0v) is 10.7. The van der Waals surface area contributed by atoms with E-state index in [0.29, 0.717) is 0 Å². The summed E-state index contributed by atoms with van der Waals surface area (Å²) in [5.41, 5.74) is -0.312. The third-order valence-electron chi connectivity index (χ3n) is 2.19. The Labute approximate surface area is 111 Å². The second kappa shape index (κ2) is 6.33. The maximum atomic E-state index is 11.3. The first kappa shape index (κ1) is 15.9. The van der Waals surface area contributed by atoms with Gasteiger partial charge in [-0.1, -0.05) is 12.1 Å². The van der Waals surface area contributed by atoms with Crippen LogP contribution in [0, 0.1) is 15.0 Å². The lowest BCUT2D eigenvalue weighted by Gasteiger charge is -2.10. The van der Waals surface area contributed by atoms with Gasteiger partial charge in [-0.2, -0.15) is 0 Å². The van der Waals surface area contributed by atoms with Crippen molar-refractivity contribution in [3.8, 4) is 0 Å². The maximum Gasteiger partial charge on any atom is 0.365 e. The van der Waals surface area contributed by atoms with Gasteiger partial charge >= 0.3 is 13.6 Å². The molecule has 0 spiro atoms. The molecular formula is C9H9N2O8P. The van der Waals surface area contributed by atoms with Crippen molar-refractivity contribution >= 4 is 19.3 Å². The normalized spacial score (nSPS) is 12.5. The summed E-state index contributed by atoms with van der Waals surface area (Å²) in [6.45, 7) is -0.609. The second-order valence-corrected chi connectivity index (χ2v) is 5.23. The number of hydrogen-bond donors (Lipinski definition) is 2. The monoisotopic (exact) mass is 304 g/mol. The lowest BCUT2D eigenvalue weighted by Crippen LogP contribution is -2.21. The van der Waals surface area contributed by atoms with Crippen LogP contribution < -0.4 is 0 Å². The minimum absolute atomic E-state index is 0.0150. The van der Waals surface area contributed by atoms with Gasteiger partial charge in [0.25, 0.3) is 11.5 Å². The highest BCUT2D eigenvalue weighted by Gasteiger charge is 2.39. The summed E-state index contributed by atoms with van der Waals surface area (Å²) in [6, 6.07) is 5.32. The topological polar surface area (TPSA) is 156 Å². The summed E-state index contributed by atoms with van der Waals surface area (Å²) in [4.78, 5) is 48.9. The maximum absolute atomic E-state index is 11.3. The summed E-state index contributed by atoms with van der Waals surface area (Å²) < 4.78 is 15.3. The van der Waals surface area contributed by atoms with Crippen molar-refractivity contribution in [1.82, 2.24) is 0 Å². The van der Waals surface area contributed by atoms with Gasteiger partial charge in [-0.05, 0) is 11.2 Å². The van der Waals surface area contributed by atoms with Gasteiger partial charge in [-0.15, -0.1) is 4.91 Å². The van der Waals surface area contributed by atoms with Gasteiger partial charge in [0.2, 0.25) is 0 Å². The number of nitroso groups, excluding NO2 is 1. The van der Waals surface area contributed by atoms with Crippen molar-refractivity contribution in [3.05, 3.63) is 44.9 Å². The van der Waals surface area contributed by atoms with E-state index in [1.165, 1.54) is 24.3 Å². The Kier molecular flexibility index (Phi) is 5.03. The second-order valence-electron chi connectivity index (χ2n) is 3.56. The molecule has 1 aromatic carbocycles. The molecule has 2 N–H and O–H groups in total. The number of carbonyl (C=O) groups excluding carboxylic acids is 1. The molecule has 1 aromatic rings. The molecule has 0 amide bonds. The summed E-state index contributed by atoms with van der Waals surface area (Å²) >= 11 is 0. The molecular weight excluding hydrogens is 295 g/mol. The van der Waals surface area contributed by atoms with Gasteiger partial charge < -0.3 is 14.5 Å². The molecule has 1 unspecified atom stereocenters. The molecule has 0 aliphatic carbocycles. The number of hydrogen-bond acceptors (Lipinski definition) is 7. The lowest BCUT2D eigenvalue weighted by atomic mass is 10.2. The molecule has 0 saturated carbocycles. The van der Waals surface area contributed by atoms with Crippen LogP contribution in [-0.2, 0) is 20.7 Å². The van der Waals surface area contributed by atoms with E-state index in [0.717, 1.165) is 0 Å². The fourth-order valence-corrected chi connectivity index (χ4v) is 1.75. The van der Waals surface area contributed by atoms with E-state index in [1.54, 1.807) is 0 Å². The Morgan fingerprint density at radius 1 is 1.45 bits per heavy atom. The molecule has 0 aromatic heterocycles. The predicted molar refractivity (Wildman–Crippen MR) is 64.5 cm³/mol. The van der Waals surface area contributed by atoms with Crippen molar-refractivity contribution in [1.29, 1.82) is 0 Å². The smallest absolute Gasteiger partial charge is 0.365 e. The van der Waals surface area contributed by atoms with Crippen LogP contribution in [0.2, 0.25) is 0 Å². The average molecular weight is 304 g/mol. The van der Waals surface area contributed by atoms with Crippen LogP contribution in [0.1, 0.15) is 5.56 Å². The fraction of sp³-hybridized carbons (Fsp3) is 0.222. The number of nitrogens with zero attached hydrogens (tertiary/aromatic N) is 2. The van der Waals surface area contributed by atoms with Gasteiger partial charge in [0.05, 0.1) is 10.5 Å². The van der Waals surface area contributed by atoms with E-state index in [-0.39, 0.29) is 11.3 Å². The highest BCUT2D eigenvalue weighted by Crippen LogP contribution is 2.42. The Balaban J connectivity index is 2.82. The number of rotatable bonds is 6. The summed E-state index contributed by atoms with van der Waals surface area (Å²) in [6.07, 6.45) is 0. The first-order valence-electron chi connectivity index (χ1n) is 5.04. The number of esters is 1. The Morgan fingerprint density at radius 3 is 2.55 bits per heavy atom. The highest BCUT2D eigenvalue weighted by molar-refractivity contribution is 7.53. The van der Waals surface area contributed by atoms with Crippen LogP contribution in [0.5, 0.6) is 0 Å². The number of ether oxygens (including phenoxy) is 1. The van der Waals surface area contributed by atoms with E-state index in [2.05, 4.69) is 4.74 Å². The van der Waals surface area contributed by atoms with Crippen LogP contribution in [0.15, 0.2) is 29.4 Å². The minimum atomic E-state index is -5.07. The largest absolute Gasteiger partial charge is 0.458 e. The first-order chi connectivity index (χ1) is 9.27. The van der Waals surface area contributed by atoms with E-state index >= 15 is 0 Å². The van der Waals surface area contributed by atoms with Gasteiger partial charge in [0.1, 0.15) is 6.61 Å². The quantitative estimate of drug-likeness (QED) is 0.258. The fourth-order valence-electron chi connectivity index (χ4n) is 1.28. The third-order valence-corrected chi connectivity index (χ3v) is 3.13. The Hall–Kier alpha value is -2.16. The number of nitro groups is 1. The zero-order chi connectivity index (χ0) is 15.3. The van der Waals surface area contributed by atoms with Crippen LogP contribution in [0.3, 0.4) is 0 Å². The SMILES string of the molecule is O=NC(C(=O)OCc1ccccc1[N+](=O)[O-])P(=O)(O)O. The summed E-state index contributed by atoms with van der Waals surface area (Å²) in [7, 11) is -5.07. The molecule has 0 aliphatic heterocycles. The number of para-hydroxylation sites is 1. The molecule has 0 radical (unpaired) electrons. The van der Waals surface area contributed by atoms with Crippen molar-refractivity contribution < 1.29 is 28.8 Å². The van der Waals surface area contributed by atoms with Crippen molar-refractivity contribution in [2.75, 3.05) is 0 Å². The molecule has 108 valence electrons. The van der Waals surface area contributed by atoms with Crippen molar-refractivity contribution in [2.45, 2.75) is 12.4 Å².